The van der Waals surface area contributed by atoms with Gasteiger partial charge in [-0.15, -0.1) is 0 Å². The van der Waals surface area contributed by atoms with Crippen LogP contribution >= 0.6 is 15.9 Å². The quantitative estimate of drug-likeness (QED) is 0.403. The van der Waals surface area contributed by atoms with Crippen LogP contribution in [0.15, 0.2) is 76.0 Å². The molecule has 0 aliphatic rings. The van der Waals surface area contributed by atoms with Gasteiger partial charge in [-0.1, -0.05) is 64.0 Å². The van der Waals surface area contributed by atoms with E-state index in [0.717, 1.165) is 26.8 Å². The van der Waals surface area contributed by atoms with Crippen molar-refractivity contribution in [1.82, 2.24) is 9.78 Å². The van der Waals surface area contributed by atoms with E-state index in [9.17, 15) is 4.79 Å². The molecule has 28 heavy (non-hydrogen) atoms. The van der Waals surface area contributed by atoms with Crippen LogP contribution in [0.3, 0.4) is 0 Å². The molecule has 0 aliphatic heterocycles. The van der Waals surface area contributed by atoms with Crippen molar-refractivity contribution in [3.63, 3.8) is 0 Å². The van der Waals surface area contributed by atoms with Gasteiger partial charge in [0.25, 0.3) is 0 Å². The second-order valence-corrected chi connectivity index (χ2v) is 7.73. The van der Waals surface area contributed by atoms with E-state index in [4.69, 9.17) is 5.10 Å². The van der Waals surface area contributed by atoms with Crippen LogP contribution in [0.4, 0.5) is 0 Å². The summed E-state index contributed by atoms with van der Waals surface area (Å²) in [5.74, 6) is 0. The number of halogens is 1. The van der Waals surface area contributed by atoms with Crippen molar-refractivity contribution in [2.45, 2.75) is 13.8 Å². The third kappa shape index (κ3) is 3.56. The van der Waals surface area contributed by atoms with E-state index in [1.165, 1.54) is 11.1 Å². The lowest BCUT2D eigenvalue weighted by Crippen LogP contribution is -2.04. The molecule has 0 saturated heterocycles. The van der Waals surface area contributed by atoms with E-state index >= 15 is 0 Å². The average Bonchev–Trinajstić information content (AvgIpc) is 2.92. The number of rotatable bonds is 3. The molecule has 4 rings (SSSR count). The lowest BCUT2D eigenvalue weighted by Gasteiger charge is -2.02. The zero-order chi connectivity index (χ0) is 19.7. The smallest absolute Gasteiger partial charge is 0.204 e. The lowest BCUT2D eigenvalue weighted by molar-refractivity contribution is 0.902. The summed E-state index contributed by atoms with van der Waals surface area (Å²) in [6.07, 6.45) is 4.04. The Morgan fingerprint density at radius 1 is 0.929 bits per heavy atom. The zero-order valence-electron chi connectivity index (χ0n) is 15.7. The SMILES string of the molecule is Cc1ccc(/C=C/c2nn(-c3ccc(Br)cc3)c3c(=O)ccccc23)c(C)c1. The molecular weight excluding hydrogens is 412 g/mol. The summed E-state index contributed by atoms with van der Waals surface area (Å²) < 4.78 is 2.71. The van der Waals surface area contributed by atoms with E-state index in [1.54, 1.807) is 16.8 Å². The Bertz CT molecular complexity index is 1250. The number of aryl methyl sites for hydroxylation is 2. The van der Waals surface area contributed by atoms with Crippen LogP contribution in [0.25, 0.3) is 28.7 Å². The minimum absolute atomic E-state index is 0.0541. The van der Waals surface area contributed by atoms with Crippen molar-refractivity contribution >= 4 is 39.0 Å². The van der Waals surface area contributed by atoms with E-state index in [0.29, 0.717) is 5.52 Å². The van der Waals surface area contributed by atoms with Crippen LogP contribution < -0.4 is 5.43 Å². The highest BCUT2D eigenvalue weighted by Crippen LogP contribution is 2.23. The molecule has 3 nitrogen and oxygen atoms in total. The molecule has 1 heterocycles. The molecule has 1 aromatic heterocycles. The van der Waals surface area contributed by atoms with Gasteiger partial charge in [-0.05, 0) is 61.4 Å². The predicted octanol–water partition coefficient (Wildman–Crippen LogP) is 5.94. The number of benzene rings is 2. The molecule has 0 aliphatic carbocycles. The van der Waals surface area contributed by atoms with Crippen LogP contribution in [0.5, 0.6) is 0 Å². The summed E-state index contributed by atoms with van der Waals surface area (Å²) in [6, 6.07) is 21.3. The third-order valence-electron chi connectivity index (χ3n) is 4.72. The molecule has 0 radical (unpaired) electrons. The Hall–Kier alpha value is -2.98. The molecule has 0 unspecified atom stereocenters. The van der Waals surface area contributed by atoms with Crippen molar-refractivity contribution in [2.24, 2.45) is 0 Å². The maximum absolute atomic E-state index is 12.7. The Balaban J connectivity index is 1.91. The Labute approximate surface area is 172 Å². The van der Waals surface area contributed by atoms with E-state index in [1.807, 2.05) is 42.5 Å². The highest BCUT2D eigenvalue weighted by Gasteiger charge is 2.12. The highest BCUT2D eigenvalue weighted by molar-refractivity contribution is 9.10. The fraction of sp³-hybridized carbons (Fsp3) is 0.0833. The van der Waals surface area contributed by atoms with Crippen LogP contribution in [0.2, 0.25) is 0 Å². The number of hydrogen-bond donors (Lipinski definition) is 0. The summed E-state index contributed by atoms with van der Waals surface area (Å²) in [4.78, 5) is 12.7. The molecule has 0 spiro atoms. The fourth-order valence-electron chi connectivity index (χ4n) is 3.30. The van der Waals surface area contributed by atoms with Crippen molar-refractivity contribution in [1.29, 1.82) is 0 Å². The second-order valence-electron chi connectivity index (χ2n) is 6.81. The number of fused-ring (bicyclic) bond motifs is 1. The standard InChI is InChI=1S/C24H19BrN2O/c1-16-7-8-18(17(2)15-16)9-14-22-21-5-3-4-6-23(28)24(21)27(26-22)20-12-10-19(25)11-13-20/h3-15H,1-2H3/b14-9+. The van der Waals surface area contributed by atoms with Gasteiger partial charge in [0.1, 0.15) is 5.52 Å². The Kier molecular flexibility index (Phi) is 4.97. The van der Waals surface area contributed by atoms with Crippen LogP contribution in [0.1, 0.15) is 22.4 Å². The Morgan fingerprint density at radius 2 is 1.68 bits per heavy atom. The molecule has 3 aromatic carbocycles. The van der Waals surface area contributed by atoms with Gasteiger partial charge in [-0.3, -0.25) is 4.79 Å². The first-order valence-corrected chi connectivity index (χ1v) is 9.85. The predicted molar refractivity (Wildman–Crippen MR) is 120 cm³/mol. The molecule has 0 N–H and O–H groups in total. The van der Waals surface area contributed by atoms with Gasteiger partial charge in [0.15, 0.2) is 0 Å². The summed E-state index contributed by atoms with van der Waals surface area (Å²) >= 11 is 3.45. The molecule has 138 valence electrons. The summed E-state index contributed by atoms with van der Waals surface area (Å²) in [5, 5.41) is 5.59. The van der Waals surface area contributed by atoms with Crippen LogP contribution in [-0.4, -0.2) is 9.78 Å². The molecule has 0 atom stereocenters. The van der Waals surface area contributed by atoms with Crippen LogP contribution in [0, 0.1) is 13.8 Å². The van der Waals surface area contributed by atoms with Gasteiger partial charge in [0.05, 0.1) is 11.4 Å². The first kappa shape index (κ1) is 18.4. The topological polar surface area (TPSA) is 34.9 Å². The second kappa shape index (κ2) is 7.56. The average molecular weight is 431 g/mol. The first-order chi connectivity index (χ1) is 13.5. The van der Waals surface area contributed by atoms with Gasteiger partial charge in [0.2, 0.25) is 5.43 Å². The van der Waals surface area contributed by atoms with Gasteiger partial charge in [0, 0.05) is 9.86 Å². The maximum Gasteiger partial charge on any atom is 0.204 e. The van der Waals surface area contributed by atoms with Gasteiger partial charge in [-0.25, -0.2) is 4.68 Å². The number of nitrogens with zero attached hydrogens (tertiary/aromatic N) is 2. The molecule has 0 amide bonds. The molecular formula is C24H19BrN2O. The minimum atomic E-state index is -0.0541. The van der Waals surface area contributed by atoms with E-state index in [-0.39, 0.29) is 5.43 Å². The number of hydrogen-bond acceptors (Lipinski definition) is 2. The van der Waals surface area contributed by atoms with Gasteiger partial charge < -0.3 is 0 Å². The molecule has 0 bridgehead atoms. The largest absolute Gasteiger partial charge is 0.288 e. The van der Waals surface area contributed by atoms with Gasteiger partial charge >= 0.3 is 0 Å². The van der Waals surface area contributed by atoms with Crippen molar-refractivity contribution in [3.8, 4) is 5.69 Å². The molecule has 4 heteroatoms. The summed E-state index contributed by atoms with van der Waals surface area (Å²) in [7, 11) is 0. The Morgan fingerprint density at radius 3 is 2.43 bits per heavy atom. The molecule has 0 saturated carbocycles. The maximum atomic E-state index is 12.7. The lowest BCUT2D eigenvalue weighted by atomic mass is 10.0. The first-order valence-electron chi connectivity index (χ1n) is 9.06. The normalized spacial score (nSPS) is 11.4. The monoisotopic (exact) mass is 430 g/mol. The third-order valence-corrected chi connectivity index (χ3v) is 5.25. The van der Waals surface area contributed by atoms with Crippen molar-refractivity contribution in [2.75, 3.05) is 0 Å². The summed E-state index contributed by atoms with van der Waals surface area (Å²) in [6.45, 7) is 4.19. The summed E-state index contributed by atoms with van der Waals surface area (Å²) in [5.41, 5.74) is 5.73. The van der Waals surface area contributed by atoms with E-state index < -0.39 is 0 Å². The van der Waals surface area contributed by atoms with Crippen molar-refractivity contribution < 1.29 is 0 Å². The van der Waals surface area contributed by atoms with E-state index in [2.05, 4.69) is 54.1 Å². The fourth-order valence-corrected chi connectivity index (χ4v) is 3.56. The number of aromatic nitrogens is 2. The van der Waals surface area contributed by atoms with Crippen LogP contribution in [-0.2, 0) is 0 Å². The van der Waals surface area contributed by atoms with Gasteiger partial charge in [-0.2, -0.15) is 5.10 Å². The zero-order valence-corrected chi connectivity index (χ0v) is 17.3. The minimum Gasteiger partial charge on any atom is -0.288 e. The molecule has 4 aromatic rings. The van der Waals surface area contributed by atoms with Crippen molar-refractivity contribution in [3.05, 3.63) is 104 Å². The highest BCUT2D eigenvalue weighted by atomic mass is 79.9. The molecule has 0 fully saturated rings.